The lowest BCUT2D eigenvalue weighted by Gasteiger charge is -2.36. The molecule has 4 nitrogen and oxygen atoms in total. The highest BCUT2D eigenvalue weighted by Crippen LogP contribution is 2.39. The summed E-state index contributed by atoms with van der Waals surface area (Å²) in [6.07, 6.45) is 5.70. The highest BCUT2D eigenvalue weighted by atomic mass is 15.3. The van der Waals surface area contributed by atoms with E-state index in [1.54, 1.807) is 0 Å². The molecule has 0 radical (unpaired) electrons. The Morgan fingerprint density at radius 3 is 2.47 bits per heavy atom. The summed E-state index contributed by atoms with van der Waals surface area (Å²) in [6, 6.07) is 2.29. The second kappa shape index (κ2) is 5.19. The van der Waals surface area contributed by atoms with Gasteiger partial charge in [-0.1, -0.05) is 13.8 Å². The molecule has 0 saturated heterocycles. The zero-order valence-electron chi connectivity index (χ0n) is 11.1. The fourth-order valence-corrected chi connectivity index (χ4v) is 3.43. The molecule has 0 spiro atoms. The van der Waals surface area contributed by atoms with Gasteiger partial charge in [0.15, 0.2) is 0 Å². The molecule has 0 bridgehead atoms. The van der Waals surface area contributed by atoms with Crippen molar-refractivity contribution in [2.75, 3.05) is 0 Å². The Morgan fingerprint density at radius 2 is 2.00 bits per heavy atom. The minimum absolute atomic E-state index is 0.229. The Bertz CT molecular complexity index is 350. The second-order valence-corrected chi connectivity index (χ2v) is 5.70. The minimum atomic E-state index is 0.229. The molecular weight excluding hydrogens is 212 g/mol. The van der Waals surface area contributed by atoms with Gasteiger partial charge in [0.2, 0.25) is 0 Å². The number of hydrogen-bond donors (Lipinski definition) is 2. The maximum atomic E-state index is 5.76. The summed E-state index contributed by atoms with van der Waals surface area (Å²) in [6.45, 7) is 4.69. The van der Waals surface area contributed by atoms with Crippen LogP contribution in [0.1, 0.15) is 44.8 Å². The molecule has 1 aliphatic carbocycles. The quantitative estimate of drug-likeness (QED) is 0.623. The van der Waals surface area contributed by atoms with Gasteiger partial charge in [0.25, 0.3) is 0 Å². The first-order valence-electron chi connectivity index (χ1n) is 6.55. The largest absolute Gasteiger partial charge is 0.271 e. The van der Waals surface area contributed by atoms with Gasteiger partial charge in [-0.25, -0.2) is 0 Å². The second-order valence-electron chi connectivity index (χ2n) is 5.70. The summed E-state index contributed by atoms with van der Waals surface area (Å²) < 4.78 is 1.93. The third-order valence-electron chi connectivity index (χ3n) is 4.04. The number of aryl methyl sites for hydroxylation is 1. The van der Waals surface area contributed by atoms with Crippen LogP contribution in [0.15, 0.2) is 12.3 Å². The molecule has 1 fully saturated rings. The summed E-state index contributed by atoms with van der Waals surface area (Å²) in [4.78, 5) is 0. The number of aromatic nitrogens is 2. The summed E-state index contributed by atoms with van der Waals surface area (Å²) in [7, 11) is 1.98. The van der Waals surface area contributed by atoms with Crippen molar-refractivity contribution >= 4 is 0 Å². The predicted molar refractivity (Wildman–Crippen MR) is 68.9 cm³/mol. The first-order valence-corrected chi connectivity index (χ1v) is 6.55. The molecule has 0 aromatic carbocycles. The van der Waals surface area contributed by atoms with Gasteiger partial charge >= 0.3 is 0 Å². The number of nitrogens with two attached hydrogens (primary N) is 1. The molecule has 0 aliphatic heterocycles. The maximum absolute atomic E-state index is 5.76. The third-order valence-corrected chi connectivity index (χ3v) is 4.04. The fourth-order valence-electron chi connectivity index (χ4n) is 3.43. The van der Waals surface area contributed by atoms with Crippen molar-refractivity contribution < 1.29 is 0 Å². The number of nitrogens with one attached hydrogen (secondary N) is 1. The molecular formula is C13H24N4. The molecule has 0 amide bonds. The van der Waals surface area contributed by atoms with Crippen LogP contribution in [0, 0.1) is 17.8 Å². The molecule has 3 N–H and O–H groups in total. The first kappa shape index (κ1) is 12.6. The van der Waals surface area contributed by atoms with Gasteiger partial charge in [-0.2, -0.15) is 5.10 Å². The highest BCUT2D eigenvalue weighted by molar-refractivity contribution is 5.08. The molecule has 17 heavy (non-hydrogen) atoms. The van der Waals surface area contributed by atoms with E-state index in [0.29, 0.717) is 5.92 Å². The van der Waals surface area contributed by atoms with Crippen LogP contribution in [-0.4, -0.2) is 9.78 Å². The summed E-state index contributed by atoms with van der Waals surface area (Å²) in [5.74, 6) is 7.98. The fraction of sp³-hybridized carbons (Fsp3) is 0.769. The van der Waals surface area contributed by atoms with Crippen LogP contribution >= 0.6 is 0 Å². The lowest BCUT2D eigenvalue weighted by atomic mass is 9.73. The van der Waals surface area contributed by atoms with E-state index in [1.165, 1.54) is 25.0 Å². The molecule has 3 unspecified atom stereocenters. The van der Waals surface area contributed by atoms with E-state index in [0.717, 1.165) is 11.8 Å². The van der Waals surface area contributed by atoms with Crippen LogP contribution in [0.2, 0.25) is 0 Å². The van der Waals surface area contributed by atoms with Crippen molar-refractivity contribution in [2.45, 2.75) is 39.2 Å². The van der Waals surface area contributed by atoms with Crippen molar-refractivity contribution in [3.63, 3.8) is 0 Å². The Labute approximate surface area is 104 Å². The smallest absolute Gasteiger partial charge is 0.0657 e. The Morgan fingerprint density at radius 1 is 1.35 bits per heavy atom. The maximum Gasteiger partial charge on any atom is 0.0657 e. The zero-order valence-corrected chi connectivity index (χ0v) is 11.1. The Hall–Kier alpha value is -0.870. The van der Waals surface area contributed by atoms with E-state index in [-0.39, 0.29) is 6.04 Å². The predicted octanol–water partition coefficient (Wildman–Crippen LogP) is 2.00. The lowest BCUT2D eigenvalue weighted by Crippen LogP contribution is -2.38. The summed E-state index contributed by atoms with van der Waals surface area (Å²) in [5, 5.41) is 4.24. The number of hydrogen-bond acceptors (Lipinski definition) is 3. The van der Waals surface area contributed by atoms with Crippen molar-refractivity contribution in [1.29, 1.82) is 0 Å². The van der Waals surface area contributed by atoms with Crippen LogP contribution in [0.3, 0.4) is 0 Å². The highest BCUT2D eigenvalue weighted by Gasteiger charge is 2.31. The molecule has 4 heteroatoms. The van der Waals surface area contributed by atoms with E-state index >= 15 is 0 Å². The SMILES string of the molecule is CC1CC(C)CC(C(NN)c2ccnn2C)C1. The van der Waals surface area contributed by atoms with Crippen molar-refractivity contribution in [2.24, 2.45) is 30.6 Å². The topological polar surface area (TPSA) is 55.9 Å². The van der Waals surface area contributed by atoms with E-state index < -0.39 is 0 Å². The van der Waals surface area contributed by atoms with Crippen LogP contribution in [0.4, 0.5) is 0 Å². The summed E-state index contributed by atoms with van der Waals surface area (Å²) >= 11 is 0. The van der Waals surface area contributed by atoms with Crippen molar-refractivity contribution in [3.8, 4) is 0 Å². The molecule has 1 aromatic rings. The molecule has 2 rings (SSSR count). The van der Waals surface area contributed by atoms with Crippen LogP contribution < -0.4 is 11.3 Å². The van der Waals surface area contributed by atoms with Gasteiger partial charge in [-0.05, 0) is 43.1 Å². The molecule has 1 saturated carbocycles. The molecule has 96 valence electrons. The third kappa shape index (κ3) is 2.69. The zero-order chi connectivity index (χ0) is 12.4. The van der Waals surface area contributed by atoms with E-state index in [2.05, 4.69) is 30.4 Å². The average Bonchev–Trinajstić information content (AvgIpc) is 2.65. The molecule has 1 aromatic heterocycles. The van der Waals surface area contributed by atoms with E-state index in [1.807, 2.05) is 17.9 Å². The molecule has 1 aliphatic rings. The standard InChI is InChI=1S/C13H24N4/c1-9-6-10(2)8-11(7-9)13(16-14)12-4-5-15-17(12)3/h4-5,9-11,13,16H,6-8,14H2,1-3H3. The van der Waals surface area contributed by atoms with Crippen molar-refractivity contribution in [1.82, 2.24) is 15.2 Å². The van der Waals surface area contributed by atoms with Crippen LogP contribution in [0.5, 0.6) is 0 Å². The monoisotopic (exact) mass is 236 g/mol. The first-order chi connectivity index (χ1) is 8.11. The van der Waals surface area contributed by atoms with Crippen LogP contribution in [0.25, 0.3) is 0 Å². The molecule has 3 atom stereocenters. The lowest BCUT2D eigenvalue weighted by molar-refractivity contribution is 0.173. The minimum Gasteiger partial charge on any atom is -0.271 e. The average molecular weight is 236 g/mol. The Kier molecular flexibility index (Phi) is 3.84. The van der Waals surface area contributed by atoms with Crippen LogP contribution in [-0.2, 0) is 7.05 Å². The van der Waals surface area contributed by atoms with Gasteiger partial charge in [0.05, 0.1) is 11.7 Å². The Balaban J connectivity index is 2.15. The summed E-state index contributed by atoms with van der Waals surface area (Å²) in [5.41, 5.74) is 4.19. The number of rotatable bonds is 3. The number of nitrogens with zero attached hydrogens (tertiary/aromatic N) is 2. The van der Waals surface area contributed by atoms with Gasteiger partial charge in [-0.3, -0.25) is 16.0 Å². The normalized spacial score (nSPS) is 31.4. The van der Waals surface area contributed by atoms with Gasteiger partial charge < -0.3 is 0 Å². The molecule has 1 heterocycles. The van der Waals surface area contributed by atoms with Crippen molar-refractivity contribution in [3.05, 3.63) is 18.0 Å². The van der Waals surface area contributed by atoms with E-state index in [4.69, 9.17) is 5.84 Å². The van der Waals surface area contributed by atoms with E-state index in [9.17, 15) is 0 Å². The van der Waals surface area contributed by atoms with Gasteiger partial charge in [0, 0.05) is 13.2 Å². The van der Waals surface area contributed by atoms with Gasteiger partial charge in [-0.15, -0.1) is 0 Å². The van der Waals surface area contributed by atoms with Gasteiger partial charge in [0.1, 0.15) is 0 Å². The number of hydrazine groups is 1.